The van der Waals surface area contributed by atoms with Gasteiger partial charge in [0, 0.05) is 44.3 Å². The van der Waals surface area contributed by atoms with Gasteiger partial charge in [-0.25, -0.2) is 0 Å². The molecule has 2 heterocycles. The van der Waals surface area contributed by atoms with Crippen LogP contribution in [-0.2, 0) is 29.2 Å². The molecule has 0 saturated carbocycles. The summed E-state index contributed by atoms with van der Waals surface area (Å²) in [4.78, 5) is 17.6. The second-order valence-corrected chi connectivity index (χ2v) is 9.06. The summed E-state index contributed by atoms with van der Waals surface area (Å²) in [7, 11) is 0. The lowest BCUT2D eigenvalue weighted by molar-refractivity contribution is -0.126. The monoisotopic (exact) mass is 441 g/mol. The zero-order chi connectivity index (χ0) is 21.5. The molecule has 1 N–H and O–H groups in total. The van der Waals surface area contributed by atoms with E-state index in [1.54, 1.807) is 0 Å². The van der Waals surface area contributed by atoms with Gasteiger partial charge in [-0.2, -0.15) is 0 Å². The average Bonchev–Trinajstić information content (AvgIpc) is 2.81. The molecule has 2 fully saturated rings. The fourth-order valence-corrected chi connectivity index (χ4v) is 4.50. The summed E-state index contributed by atoms with van der Waals surface area (Å²) < 4.78 is 5.41. The van der Waals surface area contributed by atoms with E-state index in [1.165, 1.54) is 11.1 Å². The van der Waals surface area contributed by atoms with Gasteiger partial charge < -0.3 is 10.1 Å². The lowest BCUT2D eigenvalue weighted by Gasteiger charge is -2.32. The maximum absolute atomic E-state index is 12.8. The quantitative estimate of drug-likeness (QED) is 0.711. The van der Waals surface area contributed by atoms with Crippen LogP contribution in [0.1, 0.15) is 29.5 Å². The van der Waals surface area contributed by atoms with E-state index < -0.39 is 0 Å². The molecular formula is C25H32ClN3O2. The number of rotatable bonds is 7. The summed E-state index contributed by atoms with van der Waals surface area (Å²) in [5.41, 5.74) is 3.69. The number of likely N-dealkylation sites (tertiary alicyclic amines) is 1. The van der Waals surface area contributed by atoms with Crippen LogP contribution in [0.4, 0.5) is 0 Å². The topological polar surface area (TPSA) is 44.8 Å². The van der Waals surface area contributed by atoms with Crippen molar-refractivity contribution >= 4 is 17.5 Å². The van der Waals surface area contributed by atoms with Gasteiger partial charge in [-0.15, -0.1) is 0 Å². The maximum Gasteiger partial charge on any atom is 0.224 e. The number of morpholine rings is 1. The highest BCUT2D eigenvalue weighted by Gasteiger charge is 2.25. The lowest BCUT2D eigenvalue weighted by atomic mass is 9.96. The average molecular weight is 442 g/mol. The second kappa shape index (κ2) is 11.1. The molecule has 5 nitrogen and oxygen atoms in total. The first-order valence-corrected chi connectivity index (χ1v) is 11.7. The predicted octanol–water partition coefficient (Wildman–Crippen LogP) is 3.70. The summed E-state index contributed by atoms with van der Waals surface area (Å²) in [6.45, 7) is 7.90. The minimum atomic E-state index is 0.0571. The molecule has 2 aromatic rings. The van der Waals surface area contributed by atoms with Crippen molar-refractivity contribution in [1.29, 1.82) is 0 Å². The third-order valence-electron chi connectivity index (χ3n) is 6.20. The van der Waals surface area contributed by atoms with E-state index in [1.807, 2.05) is 12.1 Å². The van der Waals surface area contributed by atoms with Crippen LogP contribution in [0, 0.1) is 5.92 Å². The van der Waals surface area contributed by atoms with Gasteiger partial charge >= 0.3 is 0 Å². The van der Waals surface area contributed by atoms with E-state index in [9.17, 15) is 4.79 Å². The largest absolute Gasteiger partial charge is 0.379 e. The second-order valence-electron chi connectivity index (χ2n) is 8.62. The maximum atomic E-state index is 12.8. The van der Waals surface area contributed by atoms with Gasteiger partial charge in [-0.05, 0) is 48.2 Å². The lowest BCUT2D eigenvalue weighted by Crippen LogP contribution is -2.42. The van der Waals surface area contributed by atoms with Crippen LogP contribution in [0.3, 0.4) is 0 Å². The fourth-order valence-electron chi connectivity index (χ4n) is 4.37. The van der Waals surface area contributed by atoms with Gasteiger partial charge in [0.25, 0.3) is 0 Å². The molecule has 2 aromatic carbocycles. The van der Waals surface area contributed by atoms with Crippen molar-refractivity contribution in [1.82, 2.24) is 15.1 Å². The Morgan fingerprint density at radius 2 is 1.52 bits per heavy atom. The first kappa shape index (κ1) is 22.3. The Morgan fingerprint density at radius 3 is 2.23 bits per heavy atom. The molecule has 1 amide bonds. The smallest absolute Gasteiger partial charge is 0.224 e. The van der Waals surface area contributed by atoms with Gasteiger partial charge in [-0.3, -0.25) is 14.6 Å². The minimum absolute atomic E-state index is 0.0571. The third-order valence-corrected chi connectivity index (χ3v) is 6.45. The Kier molecular flexibility index (Phi) is 7.97. The first-order valence-electron chi connectivity index (χ1n) is 11.3. The molecular weight excluding hydrogens is 410 g/mol. The van der Waals surface area contributed by atoms with Crippen LogP contribution in [0.25, 0.3) is 0 Å². The van der Waals surface area contributed by atoms with Crippen LogP contribution < -0.4 is 5.32 Å². The van der Waals surface area contributed by atoms with Crippen LogP contribution in [0.2, 0.25) is 5.02 Å². The van der Waals surface area contributed by atoms with Gasteiger partial charge in [-0.1, -0.05) is 48.0 Å². The number of piperidine rings is 1. The Morgan fingerprint density at radius 1 is 0.903 bits per heavy atom. The van der Waals surface area contributed by atoms with Crippen molar-refractivity contribution in [2.45, 2.75) is 32.5 Å². The molecule has 1 unspecified atom stereocenters. The third kappa shape index (κ3) is 6.78. The Hall–Kier alpha value is -1.92. The standard InChI is InChI=1S/C25H32ClN3O2/c26-24-9-7-22(8-10-24)18-29-11-1-2-23(19-29)25(30)27-16-20-3-5-21(6-4-20)17-28-12-14-31-15-13-28/h3-10,23H,1-2,11-19H2,(H,27,30). The van der Waals surface area contributed by atoms with E-state index in [2.05, 4.69) is 51.5 Å². The minimum Gasteiger partial charge on any atom is -0.379 e. The van der Waals surface area contributed by atoms with Crippen molar-refractivity contribution < 1.29 is 9.53 Å². The van der Waals surface area contributed by atoms with E-state index in [4.69, 9.17) is 16.3 Å². The molecule has 31 heavy (non-hydrogen) atoms. The number of amides is 1. The Bertz CT molecular complexity index is 835. The van der Waals surface area contributed by atoms with Gasteiger partial charge in [0.1, 0.15) is 0 Å². The first-order chi connectivity index (χ1) is 15.2. The van der Waals surface area contributed by atoms with Crippen molar-refractivity contribution in [2.75, 3.05) is 39.4 Å². The molecule has 0 aromatic heterocycles. The zero-order valence-electron chi connectivity index (χ0n) is 18.1. The summed E-state index contributed by atoms with van der Waals surface area (Å²) in [5.74, 6) is 0.222. The van der Waals surface area contributed by atoms with Crippen molar-refractivity contribution in [3.8, 4) is 0 Å². The molecule has 0 spiro atoms. The summed E-state index contributed by atoms with van der Waals surface area (Å²) in [6, 6.07) is 16.6. The van der Waals surface area contributed by atoms with Gasteiger partial charge in [0.15, 0.2) is 0 Å². The van der Waals surface area contributed by atoms with Crippen molar-refractivity contribution in [3.63, 3.8) is 0 Å². The number of carbonyl (C=O) groups is 1. The number of ether oxygens (including phenoxy) is 1. The number of halogens is 1. The molecule has 0 bridgehead atoms. The molecule has 2 aliphatic rings. The summed E-state index contributed by atoms with van der Waals surface area (Å²) in [5, 5.41) is 3.91. The Labute approximate surface area is 190 Å². The predicted molar refractivity (Wildman–Crippen MR) is 124 cm³/mol. The Balaban J connectivity index is 1.22. The number of hydrogen-bond donors (Lipinski definition) is 1. The van der Waals surface area contributed by atoms with Gasteiger partial charge in [0.05, 0.1) is 19.1 Å². The molecule has 2 saturated heterocycles. The highest BCUT2D eigenvalue weighted by Crippen LogP contribution is 2.20. The number of hydrogen-bond acceptors (Lipinski definition) is 4. The summed E-state index contributed by atoms with van der Waals surface area (Å²) in [6.07, 6.45) is 2.02. The zero-order valence-corrected chi connectivity index (χ0v) is 18.8. The van der Waals surface area contributed by atoms with Crippen LogP contribution in [0.15, 0.2) is 48.5 Å². The molecule has 6 heteroatoms. The van der Waals surface area contributed by atoms with E-state index in [0.29, 0.717) is 6.54 Å². The molecule has 2 aliphatic heterocycles. The van der Waals surface area contributed by atoms with E-state index >= 15 is 0 Å². The highest BCUT2D eigenvalue weighted by molar-refractivity contribution is 6.30. The van der Waals surface area contributed by atoms with Crippen LogP contribution >= 0.6 is 11.6 Å². The molecule has 166 valence electrons. The fraction of sp³-hybridized carbons (Fsp3) is 0.480. The van der Waals surface area contributed by atoms with Crippen molar-refractivity contribution in [3.05, 3.63) is 70.2 Å². The van der Waals surface area contributed by atoms with Crippen LogP contribution in [0.5, 0.6) is 0 Å². The van der Waals surface area contributed by atoms with Crippen LogP contribution in [-0.4, -0.2) is 55.1 Å². The number of nitrogens with zero attached hydrogens (tertiary/aromatic N) is 2. The SMILES string of the molecule is O=C(NCc1ccc(CN2CCOCC2)cc1)C1CCCN(Cc2ccc(Cl)cc2)C1. The number of nitrogens with one attached hydrogen (secondary N) is 1. The molecule has 4 rings (SSSR count). The molecule has 0 aliphatic carbocycles. The van der Waals surface area contributed by atoms with E-state index in [-0.39, 0.29) is 11.8 Å². The molecule has 1 atom stereocenters. The number of benzene rings is 2. The van der Waals surface area contributed by atoms with Gasteiger partial charge in [0.2, 0.25) is 5.91 Å². The highest BCUT2D eigenvalue weighted by atomic mass is 35.5. The van der Waals surface area contributed by atoms with Crippen molar-refractivity contribution in [2.24, 2.45) is 5.92 Å². The molecule has 0 radical (unpaired) electrons. The van der Waals surface area contributed by atoms with E-state index in [0.717, 1.165) is 75.9 Å². The normalized spacial score (nSPS) is 20.5. The number of carbonyl (C=O) groups excluding carboxylic acids is 1. The summed E-state index contributed by atoms with van der Waals surface area (Å²) >= 11 is 5.98.